The van der Waals surface area contributed by atoms with Crippen LogP contribution in [-0.2, 0) is 9.53 Å². The molecule has 88 valence electrons. The van der Waals surface area contributed by atoms with Crippen molar-refractivity contribution in [2.75, 3.05) is 13.7 Å². The summed E-state index contributed by atoms with van der Waals surface area (Å²) in [5, 5.41) is 0. The summed E-state index contributed by atoms with van der Waals surface area (Å²) in [5.74, 6) is -2.09. The molecule has 0 heterocycles. The quantitative estimate of drug-likeness (QED) is 0.745. The zero-order chi connectivity index (χ0) is 12.1. The normalized spacial score (nSPS) is 12.0. The van der Waals surface area contributed by atoms with Crippen molar-refractivity contribution in [3.05, 3.63) is 29.6 Å². The van der Waals surface area contributed by atoms with Crippen molar-refractivity contribution >= 4 is 5.97 Å². The van der Waals surface area contributed by atoms with E-state index in [1.807, 2.05) is 0 Å². The fourth-order valence-corrected chi connectivity index (χ4v) is 1.22. The number of ether oxygens (including phenoxy) is 2. The average Bonchev–Trinajstić information content (AvgIpc) is 2.29. The minimum absolute atomic E-state index is 0.0465. The summed E-state index contributed by atoms with van der Waals surface area (Å²) in [7, 11) is 1.26. The molecule has 0 aromatic heterocycles. The maximum absolute atomic E-state index is 13.6. The second-order valence-corrected chi connectivity index (χ2v) is 2.98. The van der Waals surface area contributed by atoms with Crippen molar-refractivity contribution in [2.45, 2.75) is 13.1 Å². The van der Waals surface area contributed by atoms with Crippen LogP contribution in [0.1, 0.15) is 18.7 Å². The Hall–Kier alpha value is -1.65. The maximum atomic E-state index is 13.6. The largest absolute Gasteiger partial charge is 0.494 e. The first kappa shape index (κ1) is 12.4. The van der Waals surface area contributed by atoms with Gasteiger partial charge in [0, 0.05) is 5.56 Å². The highest BCUT2D eigenvalue weighted by molar-refractivity contribution is 5.76. The predicted octanol–water partition coefficient (Wildman–Crippen LogP) is 2.41. The molecule has 0 spiro atoms. The van der Waals surface area contributed by atoms with Gasteiger partial charge in [-0.25, -0.2) is 13.6 Å². The molecule has 0 aliphatic heterocycles. The third-order valence-electron chi connectivity index (χ3n) is 1.98. The van der Waals surface area contributed by atoms with Crippen LogP contribution in [0, 0.1) is 5.82 Å². The molecule has 0 N–H and O–H groups in total. The van der Waals surface area contributed by atoms with E-state index in [0.717, 1.165) is 0 Å². The highest BCUT2D eigenvalue weighted by Crippen LogP contribution is 2.27. The van der Waals surface area contributed by atoms with Crippen LogP contribution < -0.4 is 4.74 Å². The highest BCUT2D eigenvalue weighted by Gasteiger charge is 2.25. The van der Waals surface area contributed by atoms with Gasteiger partial charge in [0.15, 0.2) is 11.6 Å². The molecule has 1 rings (SSSR count). The minimum Gasteiger partial charge on any atom is -0.494 e. The van der Waals surface area contributed by atoms with E-state index in [4.69, 9.17) is 0 Å². The van der Waals surface area contributed by atoms with E-state index in [1.54, 1.807) is 6.92 Å². The molecule has 0 fully saturated rings. The predicted molar refractivity (Wildman–Crippen MR) is 53.4 cm³/mol. The number of carbonyl (C=O) groups excluding carboxylic acids is 1. The van der Waals surface area contributed by atoms with Gasteiger partial charge in [0.1, 0.15) is 0 Å². The number of hydrogen-bond donors (Lipinski definition) is 0. The van der Waals surface area contributed by atoms with Gasteiger partial charge in [0.05, 0.1) is 13.7 Å². The lowest BCUT2D eigenvalue weighted by atomic mass is 10.1. The van der Waals surface area contributed by atoms with Gasteiger partial charge in [-0.05, 0) is 13.0 Å². The molecule has 0 saturated carbocycles. The summed E-state index contributed by atoms with van der Waals surface area (Å²) in [6.45, 7) is 1.59. The number of esters is 1. The molecule has 16 heavy (non-hydrogen) atoms. The van der Waals surface area contributed by atoms with Gasteiger partial charge in [-0.1, -0.05) is 12.1 Å². The zero-order valence-corrected chi connectivity index (χ0v) is 9.00. The molecule has 0 aliphatic rings. The Balaban J connectivity index is 2.99. The smallest absolute Gasteiger partial charge is 0.345 e. The summed E-state index contributed by atoms with van der Waals surface area (Å²) in [4.78, 5) is 11.1. The zero-order valence-electron chi connectivity index (χ0n) is 9.00. The van der Waals surface area contributed by atoms with Crippen LogP contribution in [0.5, 0.6) is 5.75 Å². The second kappa shape index (κ2) is 5.44. The van der Waals surface area contributed by atoms with Gasteiger partial charge in [0.25, 0.3) is 0 Å². The summed E-state index contributed by atoms with van der Waals surface area (Å²) < 4.78 is 36.2. The van der Waals surface area contributed by atoms with Crippen molar-refractivity contribution in [1.82, 2.24) is 0 Å². The molecule has 0 bridgehead atoms. The molecule has 1 unspecified atom stereocenters. The van der Waals surface area contributed by atoms with E-state index in [9.17, 15) is 13.6 Å². The Bertz CT molecular complexity index is 379. The third-order valence-corrected chi connectivity index (χ3v) is 1.98. The molecule has 0 amide bonds. The summed E-state index contributed by atoms with van der Waals surface area (Å²) in [6.07, 6.45) is -2.13. The Morgan fingerprint density at radius 2 is 2.19 bits per heavy atom. The first-order valence-corrected chi connectivity index (χ1v) is 4.74. The topological polar surface area (TPSA) is 35.5 Å². The molecular formula is C11H12F2O3. The molecule has 0 radical (unpaired) electrons. The van der Waals surface area contributed by atoms with Gasteiger partial charge in [-0.15, -0.1) is 0 Å². The van der Waals surface area contributed by atoms with E-state index in [0.29, 0.717) is 0 Å². The number of alkyl halides is 1. The SMILES string of the molecule is CCOC(=O)C(F)c1cccc(OC)c1F. The van der Waals surface area contributed by atoms with Crippen LogP contribution in [0.4, 0.5) is 8.78 Å². The van der Waals surface area contributed by atoms with Crippen molar-refractivity contribution in [2.24, 2.45) is 0 Å². The number of halogens is 2. The van der Waals surface area contributed by atoms with Gasteiger partial charge >= 0.3 is 5.97 Å². The van der Waals surface area contributed by atoms with Crippen molar-refractivity contribution in [3.63, 3.8) is 0 Å². The van der Waals surface area contributed by atoms with E-state index in [2.05, 4.69) is 9.47 Å². The Morgan fingerprint density at radius 3 is 2.75 bits per heavy atom. The van der Waals surface area contributed by atoms with E-state index >= 15 is 0 Å². The highest BCUT2D eigenvalue weighted by atomic mass is 19.1. The second-order valence-electron chi connectivity index (χ2n) is 2.98. The molecule has 3 nitrogen and oxygen atoms in total. The van der Waals surface area contributed by atoms with Gasteiger partial charge in [0.2, 0.25) is 6.17 Å². The number of hydrogen-bond acceptors (Lipinski definition) is 3. The Morgan fingerprint density at radius 1 is 1.50 bits per heavy atom. The van der Waals surface area contributed by atoms with E-state index in [-0.39, 0.29) is 17.9 Å². The lowest BCUT2D eigenvalue weighted by Gasteiger charge is -2.10. The monoisotopic (exact) mass is 230 g/mol. The van der Waals surface area contributed by atoms with Crippen LogP contribution in [0.15, 0.2) is 18.2 Å². The molecule has 0 saturated heterocycles. The number of carbonyl (C=O) groups is 1. The van der Waals surface area contributed by atoms with Crippen LogP contribution in [0.3, 0.4) is 0 Å². The van der Waals surface area contributed by atoms with Crippen LogP contribution >= 0.6 is 0 Å². The molecular weight excluding hydrogens is 218 g/mol. The average molecular weight is 230 g/mol. The van der Waals surface area contributed by atoms with Crippen LogP contribution in [0.25, 0.3) is 0 Å². The number of rotatable bonds is 4. The van der Waals surface area contributed by atoms with Crippen LogP contribution in [0.2, 0.25) is 0 Å². The summed E-state index contributed by atoms with van der Waals surface area (Å²) in [6, 6.07) is 3.93. The summed E-state index contributed by atoms with van der Waals surface area (Å²) in [5.41, 5.74) is -0.377. The summed E-state index contributed by atoms with van der Waals surface area (Å²) >= 11 is 0. The maximum Gasteiger partial charge on any atom is 0.345 e. The van der Waals surface area contributed by atoms with Crippen LogP contribution in [-0.4, -0.2) is 19.7 Å². The van der Waals surface area contributed by atoms with E-state index < -0.39 is 18.0 Å². The van der Waals surface area contributed by atoms with Gasteiger partial charge < -0.3 is 9.47 Å². The fourth-order valence-electron chi connectivity index (χ4n) is 1.22. The Kier molecular flexibility index (Phi) is 4.22. The van der Waals surface area contributed by atoms with E-state index in [1.165, 1.54) is 25.3 Å². The fraction of sp³-hybridized carbons (Fsp3) is 0.364. The molecule has 1 atom stereocenters. The Labute approximate surface area is 92.0 Å². The lowest BCUT2D eigenvalue weighted by Crippen LogP contribution is -2.13. The minimum atomic E-state index is -2.13. The molecule has 1 aromatic rings. The first-order chi connectivity index (χ1) is 7.61. The first-order valence-electron chi connectivity index (χ1n) is 4.74. The molecule has 0 aliphatic carbocycles. The third kappa shape index (κ3) is 2.48. The number of methoxy groups -OCH3 is 1. The molecule has 1 aromatic carbocycles. The molecule has 5 heteroatoms. The standard InChI is InChI=1S/C11H12F2O3/c1-3-16-11(14)10(13)7-5-4-6-8(15-2)9(7)12/h4-6,10H,3H2,1-2H3. The van der Waals surface area contributed by atoms with Crippen molar-refractivity contribution < 1.29 is 23.0 Å². The van der Waals surface area contributed by atoms with Crippen molar-refractivity contribution in [3.8, 4) is 5.75 Å². The van der Waals surface area contributed by atoms with Crippen molar-refractivity contribution in [1.29, 1.82) is 0 Å². The van der Waals surface area contributed by atoms with Gasteiger partial charge in [-0.3, -0.25) is 0 Å². The lowest BCUT2D eigenvalue weighted by molar-refractivity contribution is -0.149. The van der Waals surface area contributed by atoms with Gasteiger partial charge in [-0.2, -0.15) is 0 Å². The number of benzene rings is 1.